The van der Waals surface area contributed by atoms with Gasteiger partial charge in [-0.2, -0.15) is 0 Å². The van der Waals surface area contributed by atoms with Gasteiger partial charge in [-0.25, -0.2) is 0 Å². The van der Waals surface area contributed by atoms with E-state index in [0.717, 1.165) is 17.9 Å². The van der Waals surface area contributed by atoms with Crippen LogP contribution in [0, 0.1) is 5.92 Å². The molecule has 6 nitrogen and oxygen atoms in total. The van der Waals surface area contributed by atoms with Crippen molar-refractivity contribution in [3.05, 3.63) is 90.0 Å². The Labute approximate surface area is 212 Å². The van der Waals surface area contributed by atoms with Crippen LogP contribution in [0.5, 0.6) is 5.75 Å². The fraction of sp³-hybridized carbons (Fsp3) is 0.250. The predicted molar refractivity (Wildman–Crippen MR) is 145 cm³/mol. The molecule has 0 aliphatic rings. The normalized spacial score (nSPS) is 10.5. The van der Waals surface area contributed by atoms with Gasteiger partial charge in [-0.1, -0.05) is 38.1 Å². The zero-order chi connectivity index (χ0) is 25.2. The maximum absolute atomic E-state index is 13.1. The largest absolute Gasteiger partial charge is 0.494 e. The minimum absolute atomic E-state index is 0.118. The first-order chi connectivity index (χ1) is 16.9. The molecule has 0 unspecified atom stereocenters. The number of nitrogens with one attached hydrogen (secondary N) is 2. The lowest BCUT2D eigenvalue weighted by molar-refractivity contribution is 0.0973. The summed E-state index contributed by atoms with van der Waals surface area (Å²) in [6.45, 7) is 7.40. The highest BCUT2D eigenvalue weighted by molar-refractivity contribution is 7.80. The first-order valence-corrected chi connectivity index (χ1v) is 12.1. The van der Waals surface area contributed by atoms with Gasteiger partial charge in [0.25, 0.3) is 11.8 Å². The van der Waals surface area contributed by atoms with Crippen LogP contribution in [0.3, 0.4) is 0 Å². The van der Waals surface area contributed by atoms with Crippen molar-refractivity contribution in [2.45, 2.75) is 27.2 Å². The second-order valence-corrected chi connectivity index (χ2v) is 8.84. The molecule has 0 bridgehead atoms. The number of thiocarbonyl (C=S) groups is 1. The number of ether oxygens (including phenoxy) is 1. The fourth-order valence-corrected chi connectivity index (χ4v) is 3.60. The summed E-state index contributed by atoms with van der Waals surface area (Å²) >= 11 is 5.32. The molecular weight excluding hydrogens is 458 g/mol. The highest BCUT2D eigenvalue weighted by Crippen LogP contribution is 2.19. The van der Waals surface area contributed by atoms with Gasteiger partial charge >= 0.3 is 0 Å². The topological polar surface area (TPSA) is 70.7 Å². The van der Waals surface area contributed by atoms with E-state index in [0.29, 0.717) is 35.9 Å². The lowest BCUT2D eigenvalue weighted by atomic mass is 10.1. The van der Waals surface area contributed by atoms with Crippen LogP contribution >= 0.6 is 12.2 Å². The van der Waals surface area contributed by atoms with E-state index in [4.69, 9.17) is 17.0 Å². The zero-order valence-corrected chi connectivity index (χ0v) is 21.1. The first-order valence-electron chi connectivity index (χ1n) is 11.7. The molecule has 2 amide bonds. The number of rotatable bonds is 9. The van der Waals surface area contributed by atoms with Crippen molar-refractivity contribution >= 4 is 40.5 Å². The Kier molecular flexibility index (Phi) is 9.38. The number of nitrogens with zero attached hydrogens (tertiary/aromatic N) is 1. The molecule has 3 aromatic carbocycles. The highest BCUT2D eigenvalue weighted by atomic mass is 32.1. The number of hydrogen-bond donors (Lipinski definition) is 2. The Balaban J connectivity index is 1.59. The smallest absolute Gasteiger partial charge is 0.258 e. The SMILES string of the molecule is CCN(C(=O)c1cccc(NC(=S)NC(=O)c2ccc(OCCC(C)C)cc2)c1)c1ccccc1. The van der Waals surface area contributed by atoms with Crippen LogP contribution in [-0.4, -0.2) is 30.1 Å². The molecule has 0 spiro atoms. The van der Waals surface area contributed by atoms with E-state index < -0.39 is 0 Å². The van der Waals surface area contributed by atoms with Crippen molar-refractivity contribution in [3.63, 3.8) is 0 Å². The standard InChI is InChI=1S/C28H31N3O3S/c1-4-31(24-11-6-5-7-12-24)27(33)22-9-8-10-23(19-22)29-28(35)30-26(32)21-13-15-25(16-14-21)34-18-17-20(2)3/h5-16,19-20H,4,17-18H2,1-3H3,(H2,29,30,32,35). The van der Waals surface area contributed by atoms with E-state index in [2.05, 4.69) is 24.5 Å². The van der Waals surface area contributed by atoms with E-state index in [1.807, 2.05) is 37.3 Å². The van der Waals surface area contributed by atoms with Crippen LogP contribution in [0.2, 0.25) is 0 Å². The Bertz CT molecular complexity index is 1150. The molecule has 0 saturated carbocycles. The van der Waals surface area contributed by atoms with Gasteiger partial charge in [0.05, 0.1) is 6.61 Å². The molecule has 182 valence electrons. The number of para-hydroxylation sites is 1. The molecule has 3 aromatic rings. The molecule has 0 saturated heterocycles. The number of amides is 2. The third-order valence-electron chi connectivity index (χ3n) is 5.30. The van der Waals surface area contributed by atoms with Crippen LogP contribution < -0.4 is 20.3 Å². The van der Waals surface area contributed by atoms with Gasteiger partial charge in [-0.15, -0.1) is 0 Å². The van der Waals surface area contributed by atoms with Gasteiger partial charge in [0.1, 0.15) is 5.75 Å². The molecular formula is C28H31N3O3S. The van der Waals surface area contributed by atoms with Gasteiger partial charge in [0, 0.05) is 29.0 Å². The zero-order valence-electron chi connectivity index (χ0n) is 20.3. The maximum atomic E-state index is 13.1. The Morgan fingerprint density at radius 2 is 1.66 bits per heavy atom. The van der Waals surface area contributed by atoms with Crippen molar-refractivity contribution in [3.8, 4) is 5.75 Å². The van der Waals surface area contributed by atoms with Gasteiger partial charge < -0.3 is 15.0 Å². The molecule has 0 atom stereocenters. The summed E-state index contributed by atoms with van der Waals surface area (Å²) in [5, 5.41) is 5.81. The molecule has 0 aliphatic heterocycles. The van der Waals surface area contributed by atoms with Crippen molar-refractivity contribution in [2.75, 3.05) is 23.4 Å². The minimum atomic E-state index is -0.329. The van der Waals surface area contributed by atoms with Gasteiger partial charge in [-0.3, -0.25) is 14.9 Å². The van der Waals surface area contributed by atoms with Crippen LogP contribution in [0.15, 0.2) is 78.9 Å². The number of hydrogen-bond acceptors (Lipinski definition) is 4. The summed E-state index contributed by atoms with van der Waals surface area (Å²) in [5.74, 6) is 0.848. The lowest BCUT2D eigenvalue weighted by Gasteiger charge is -2.21. The summed E-state index contributed by atoms with van der Waals surface area (Å²) in [6, 6.07) is 23.5. The minimum Gasteiger partial charge on any atom is -0.494 e. The summed E-state index contributed by atoms with van der Waals surface area (Å²) < 4.78 is 5.69. The van der Waals surface area contributed by atoms with E-state index in [1.165, 1.54) is 0 Å². The van der Waals surface area contributed by atoms with Crippen LogP contribution in [0.1, 0.15) is 47.9 Å². The van der Waals surface area contributed by atoms with Crippen molar-refractivity contribution in [2.24, 2.45) is 5.92 Å². The highest BCUT2D eigenvalue weighted by Gasteiger charge is 2.16. The monoisotopic (exact) mass is 489 g/mol. The maximum Gasteiger partial charge on any atom is 0.258 e. The number of carbonyl (C=O) groups is 2. The molecule has 0 fully saturated rings. The third-order valence-corrected chi connectivity index (χ3v) is 5.51. The van der Waals surface area contributed by atoms with E-state index >= 15 is 0 Å². The van der Waals surface area contributed by atoms with Crippen molar-refractivity contribution in [1.82, 2.24) is 5.32 Å². The third kappa shape index (κ3) is 7.65. The van der Waals surface area contributed by atoms with Gasteiger partial charge in [-0.05, 0) is 86.1 Å². The molecule has 0 heterocycles. The Morgan fingerprint density at radius 3 is 2.31 bits per heavy atom. The molecule has 0 aliphatic carbocycles. The fourth-order valence-electron chi connectivity index (χ4n) is 3.39. The molecule has 3 rings (SSSR count). The molecule has 2 N–H and O–H groups in total. The average Bonchev–Trinajstić information content (AvgIpc) is 2.85. The Morgan fingerprint density at radius 1 is 0.943 bits per heavy atom. The molecule has 0 radical (unpaired) electrons. The number of benzene rings is 3. The van der Waals surface area contributed by atoms with Crippen molar-refractivity contribution < 1.29 is 14.3 Å². The summed E-state index contributed by atoms with van der Waals surface area (Å²) in [7, 11) is 0. The first kappa shape index (κ1) is 25.9. The van der Waals surface area contributed by atoms with Crippen LogP contribution in [0.25, 0.3) is 0 Å². The lowest BCUT2D eigenvalue weighted by Crippen LogP contribution is -2.34. The Hall–Kier alpha value is -3.71. The van der Waals surface area contributed by atoms with Gasteiger partial charge in [0.2, 0.25) is 0 Å². The van der Waals surface area contributed by atoms with Crippen LogP contribution in [0.4, 0.5) is 11.4 Å². The summed E-state index contributed by atoms with van der Waals surface area (Å²) in [4.78, 5) is 27.4. The average molecular weight is 490 g/mol. The summed E-state index contributed by atoms with van der Waals surface area (Å²) in [5.41, 5.74) is 2.43. The summed E-state index contributed by atoms with van der Waals surface area (Å²) in [6.07, 6.45) is 0.970. The second-order valence-electron chi connectivity index (χ2n) is 8.43. The molecule has 0 aromatic heterocycles. The second kappa shape index (κ2) is 12.7. The number of anilines is 2. The van der Waals surface area contributed by atoms with Crippen LogP contribution in [-0.2, 0) is 0 Å². The molecule has 35 heavy (non-hydrogen) atoms. The van der Waals surface area contributed by atoms with Crippen molar-refractivity contribution in [1.29, 1.82) is 0 Å². The van der Waals surface area contributed by atoms with E-state index in [1.54, 1.807) is 53.4 Å². The quantitative estimate of drug-likeness (QED) is 0.366. The number of carbonyl (C=O) groups excluding carboxylic acids is 2. The van der Waals surface area contributed by atoms with Gasteiger partial charge in [0.15, 0.2) is 5.11 Å². The predicted octanol–water partition coefficient (Wildman–Crippen LogP) is 5.91. The van der Waals surface area contributed by atoms with E-state index in [9.17, 15) is 9.59 Å². The molecule has 7 heteroatoms. The van der Waals surface area contributed by atoms with E-state index in [-0.39, 0.29) is 16.9 Å².